The van der Waals surface area contributed by atoms with Gasteiger partial charge in [-0.15, -0.1) is 0 Å². The SMILES string of the molecule is Nc1cc(=O)oc2ccc(F)cc12. The van der Waals surface area contributed by atoms with Gasteiger partial charge in [-0.3, -0.25) is 0 Å². The van der Waals surface area contributed by atoms with Crippen LogP contribution in [0.2, 0.25) is 0 Å². The number of benzene rings is 1. The van der Waals surface area contributed by atoms with E-state index in [1.165, 1.54) is 18.2 Å². The molecule has 0 aliphatic rings. The Morgan fingerprint density at radius 3 is 2.85 bits per heavy atom. The molecule has 13 heavy (non-hydrogen) atoms. The molecule has 2 aromatic rings. The highest BCUT2D eigenvalue weighted by Crippen LogP contribution is 2.19. The number of nitrogen functional groups attached to an aromatic ring is 1. The molecule has 0 radical (unpaired) electrons. The van der Waals surface area contributed by atoms with E-state index in [9.17, 15) is 9.18 Å². The van der Waals surface area contributed by atoms with E-state index in [1.54, 1.807) is 0 Å². The number of anilines is 1. The first-order valence-corrected chi connectivity index (χ1v) is 3.66. The Bertz CT molecular complexity index is 518. The fraction of sp³-hybridized carbons (Fsp3) is 0. The van der Waals surface area contributed by atoms with Crippen molar-refractivity contribution in [3.8, 4) is 0 Å². The molecule has 0 bridgehead atoms. The fourth-order valence-electron chi connectivity index (χ4n) is 1.16. The summed E-state index contributed by atoms with van der Waals surface area (Å²) < 4.78 is 17.5. The molecule has 2 rings (SSSR count). The van der Waals surface area contributed by atoms with Crippen LogP contribution in [0.15, 0.2) is 33.5 Å². The Hall–Kier alpha value is -1.84. The average molecular weight is 179 g/mol. The summed E-state index contributed by atoms with van der Waals surface area (Å²) in [6, 6.07) is 4.95. The van der Waals surface area contributed by atoms with Crippen LogP contribution in [0, 0.1) is 5.82 Å². The summed E-state index contributed by atoms with van der Waals surface area (Å²) in [6.45, 7) is 0. The van der Waals surface area contributed by atoms with Gasteiger partial charge in [-0.1, -0.05) is 0 Å². The molecule has 0 saturated carbocycles. The Balaban J connectivity index is 2.95. The normalized spacial score (nSPS) is 10.5. The van der Waals surface area contributed by atoms with E-state index < -0.39 is 11.4 Å². The molecule has 4 heteroatoms. The smallest absolute Gasteiger partial charge is 0.338 e. The maximum Gasteiger partial charge on any atom is 0.338 e. The largest absolute Gasteiger partial charge is 0.423 e. The molecule has 0 amide bonds. The maximum atomic E-state index is 12.7. The van der Waals surface area contributed by atoms with E-state index in [0.29, 0.717) is 11.0 Å². The molecule has 1 aromatic heterocycles. The highest BCUT2D eigenvalue weighted by atomic mass is 19.1. The standard InChI is InChI=1S/C9H6FNO2/c10-5-1-2-8-6(3-5)7(11)4-9(12)13-8/h1-4H,11H2. The van der Waals surface area contributed by atoms with Gasteiger partial charge in [0.25, 0.3) is 0 Å². The zero-order valence-corrected chi connectivity index (χ0v) is 6.58. The summed E-state index contributed by atoms with van der Waals surface area (Å²) in [6.07, 6.45) is 0. The molecular formula is C9H6FNO2. The minimum atomic E-state index is -0.531. The number of hydrogen-bond donors (Lipinski definition) is 1. The van der Waals surface area contributed by atoms with Crippen LogP contribution in [0.5, 0.6) is 0 Å². The molecule has 1 heterocycles. The van der Waals surface area contributed by atoms with Gasteiger partial charge in [0.1, 0.15) is 11.4 Å². The van der Waals surface area contributed by atoms with Crippen LogP contribution in [0.25, 0.3) is 11.0 Å². The van der Waals surface area contributed by atoms with E-state index in [4.69, 9.17) is 10.2 Å². The van der Waals surface area contributed by atoms with Gasteiger partial charge in [0, 0.05) is 17.1 Å². The van der Waals surface area contributed by atoms with Crippen LogP contribution in [0.1, 0.15) is 0 Å². The van der Waals surface area contributed by atoms with Crippen LogP contribution in [-0.4, -0.2) is 0 Å². The van der Waals surface area contributed by atoms with Crippen molar-refractivity contribution in [1.29, 1.82) is 0 Å². The van der Waals surface area contributed by atoms with Crippen molar-refractivity contribution >= 4 is 16.7 Å². The van der Waals surface area contributed by atoms with Gasteiger partial charge in [-0.25, -0.2) is 9.18 Å². The zero-order chi connectivity index (χ0) is 9.42. The molecule has 0 atom stereocenters. The summed E-state index contributed by atoms with van der Waals surface area (Å²) in [5.41, 5.74) is 5.49. The molecule has 0 fully saturated rings. The number of halogens is 1. The van der Waals surface area contributed by atoms with Crippen molar-refractivity contribution < 1.29 is 8.81 Å². The van der Waals surface area contributed by atoms with Crippen molar-refractivity contribution in [3.63, 3.8) is 0 Å². The van der Waals surface area contributed by atoms with E-state index in [1.807, 2.05) is 0 Å². The van der Waals surface area contributed by atoms with Crippen LogP contribution in [-0.2, 0) is 0 Å². The van der Waals surface area contributed by atoms with Gasteiger partial charge in [0.05, 0.1) is 0 Å². The predicted octanol–water partition coefficient (Wildman–Crippen LogP) is 1.51. The lowest BCUT2D eigenvalue weighted by Crippen LogP contribution is -2.00. The number of rotatable bonds is 0. The van der Waals surface area contributed by atoms with Crippen LogP contribution < -0.4 is 11.4 Å². The van der Waals surface area contributed by atoms with Crippen LogP contribution >= 0.6 is 0 Å². The molecule has 0 unspecified atom stereocenters. The average Bonchev–Trinajstić information content (AvgIpc) is 2.06. The summed E-state index contributed by atoms with van der Waals surface area (Å²) in [5.74, 6) is -0.409. The highest BCUT2D eigenvalue weighted by molar-refractivity contribution is 5.88. The minimum absolute atomic E-state index is 0.228. The predicted molar refractivity (Wildman–Crippen MR) is 46.9 cm³/mol. The lowest BCUT2D eigenvalue weighted by Gasteiger charge is -1.98. The van der Waals surface area contributed by atoms with Gasteiger partial charge in [-0.05, 0) is 18.2 Å². The van der Waals surface area contributed by atoms with E-state index in [0.717, 1.165) is 6.07 Å². The van der Waals surface area contributed by atoms with Crippen LogP contribution in [0.3, 0.4) is 0 Å². The second-order valence-electron chi connectivity index (χ2n) is 2.66. The number of fused-ring (bicyclic) bond motifs is 1. The third-order valence-electron chi connectivity index (χ3n) is 1.74. The molecule has 1 aromatic carbocycles. The third-order valence-corrected chi connectivity index (χ3v) is 1.74. The van der Waals surface area contributed by atoms with Gasteiger partial charge in [0.2, 0.25) is 0 Å². The number of hydrogen-bond acceptors (Lipinski definition) is 3. The van der Waals surface area contributed by atoms with Gasteiger partial charge in [0.15, 0.2) is 0 Å². The quantitative estimate of drug-likeness (QED) is 0.623. The Morgan fingerprint density at radius 1 is 1.31 bits per heavy atom. The Kier molecular flexibility index (Phi) is 1.55. The fourth-order valence-corrected chi connectivity index (χ4v) is 1.16. The molecule has 0 aliphatic carbocycles. The first kappa shape index (κ1) is 7.79. The first-order chi connectivity index (χ1) is 6.16. The Morgan fingerprint density at radius 2 is 2.08 bits per heavy atom. The topological polar surface area (TPSA) is 56.2 Å². The van der Waals surface area contributed by atoms with Crippen molar-refractivity contribution in [1.82, 2.24) is 0 Å². The van der Waals surface area contributed by atoms with Crippen molar-refractivity contribution in [2.24, 2.45) is 0 Å². The molecule has 66 valence electrons. The third kappa shape index (κ3) is 1.26. The summed E-state index contributed by atoms with van der Waals surface area (Å²) >= 11 is 0. The maximum absolute atomic E-state index is 12.7. The number of nitrogens with two attached hydrogens (primary N) is 1. The zero-order valence-electron chi connectivity index (χ0n) is 6.58. The van der Waals surface area contributed by atoms with Gasteiger partial charge >= 0.3 is 5.63 Å². The molecule has 0 aliphatic heterocycles. The monoisotopic (exact) mass is 179 g/mol. The minimum Gasteiger partial charge on any atom is -0.423 e. The second kappa shape index (κ2) is 2.58. The lowest BCUT2D eigenvalue weighted by atomic mass is 10.2. The second-order valence-corrected chi connectivity index (χ2v) is 2.66. The molecule has 0 saturated heterocycles. The molecule has 2 N–H and O–H groups in total. The summed E-state index contributed by atoms with van der Waals surface area (Å²) in [7, 11) is 0. The van der Waals surface area contributed by atoms with Crippen LogP contribution in [0.4, 0.5) is 10.1 Å². The Labute approximate surface area is 72.6 Å². The summed E-state index contributed by atoms with van der Waals surface area (Å²) in [5, 5.41) is 0.416. The lowest BCUT2D eigenvalue weighted by molar-refractivity contribution is 0.559. The first-order valence-electron chi connectivity index (χ1n) is 3.66. The van der Waals surface area contributed by atoms with E-state index in [2.05, 4.69) is 0 Å². The highest BCUT2D eigenvalue weighted by Gasteiger charge is 2.02. The van der Waals surface area contributed by atoms with E-state index in [-0.39, 0.29) is 5.69 Å². The van der Waals surface area contributed by atoms with Crippen molar-refractivity contribution in [2.45, 2.75) is 0 Å². The van der Waals surface area contributed by atoms with Crippen molar-refractivity contribution in [3.05, 3.63) is 40.5 Å². The molecular weight excluding hydrogens is 173 g/mol. The molecule has 0 spiro atoms. The van der Waals surface area contributed by atoms with Gasteiger partial charge in [-0.2, -0.15) is 0 Å². The van der Waals surface area contributed by atoms with Crippen molar-refractivity contribution in [2.75, 3.05) is 5.73 Å². The summed E-state index contributed by atoms with van der Waals surface area (Å²) in [4.78, 5) is 10.8. The van der Waals surface area contributed by atoms with Gasteiger partial charge < -0.3 is 10.2 Å². The van der Waals surface area contributed by atoms with E-state index >= 15 is 0 Å². The molecule has 3 nitrogen and oxygen atoms in total.